The highest BCUT2D eigenvalue weighted by molar-refractivity contribution is 5.64. The first-order chi connectivity index (χ1) is 19.0. The third kappa shape index (κ3) is 6.77. The van der Waals surface area contributed by atoms with Crippen LogP contribution < -0.4 is 9.47 Å². The second-order valence-electron chi connectivity index (χ2n) is 9.80. The van der Waals surface area contributed by atoms with Crippen LogP contribution in [0.15, 0.2) is 60.9 Å². The number of hydrogen-bond donors (Lipinski definition) is 0. The molecule has 10 heteroatoms. The fourth-order valence-electron chi connectivity index (χ4n) is 5.17. The van der Waals surface area contributed by atoms with Gasteiger partial charge in [0, 0.05) is 12.1 Å². The maximum absolute atomic E-state index is 14.8. The highest BCUT2D eigenvalue weighted by Crippen LogP contribution is 2.40. The van der Waals surface area contributed by atoms with E-state index in [1.54, 1.807) is 12.1 Å². The molecule has 0 atom stereocenters. The van der Waals surface area contributed by atoms with Gasteiger partial charge in [-0.3, -0.25) is 0 Å². The molecule has 2 nitrogen and oxygen atoms in total. The van der Waals surface area contributed by atoms with Crippen LogP contribution in [0.5, 0.6) is 11.5 Å². The van der Waals surface area contributed by atoms with Crippen LogP contribution >= 0.6 is 0 Å². The predicted octanol–water partition coefficient (Wildman–Crippen LogP) is 10.2. The standard InChI is InChI=1S/C30H26F8O2/c1-2-3-17-4-6-18(7-5-17)19-8-10-20(11-9-19)21-12-23(31)28(24(32)13-21)30(37,38)40-22-14-25(33)29(26(34)15-22)39-16-27(35)36/h8-18H,2-7H2,1H3. The van der Waals surface area contributed by atoms with E-state index in [1.165, 1.54) is 6.42 Å². The lowest BCUT2D eigenvalue weighted by Gasteiger charge is -2.28. The van der Waals surface area contributed by atoms with Crippen LogP contribution in [0.1, 0.15) is 62.5 Å². The van der Waals surface area contributed by atoms with E-state index in [2.05, 4.69) is 16.4 Å². The fraction of sp³-hybridized carbons (Fsp3) is 0.333. The van der Waals surface area contributed by atoms with E-state index in [9.17, 15) is 35.1 Å². The van der Waals surface area contributed by atoms with Gasteiger partial charge in [0.15, 0.2) is 23.6 Å². The van der Waals surface area contributed by atoms with Gasteiger partial charge in [0.1, 0.15) is 22.9 Å². The molecule has 1 aliphatic rings. The molecule has 214 valence electrons. The summed E-state index contributed by atoms with van der Waals surface area (Å²) in [6, 6.07) is 8.94. The molecule has 1 fully saturated rings. The van der Waals surface area contributed by atoms with Gasteiger partial charge in [-0.25, -0.2) is 17.6 Å². The summed E-state index contributed by atoms with van der Waals surface area (Å²) < 4.78 is 120. The van der Waals surface area contributed by atoms with E-state index in [-0.39, 0.29) is 24.0 Å². The fourth-order valence-corrected chi connectivity index (χ4v) is 5.17. The zero-order valence-corrected chi connectivity index (χ0v) is 21.4. The van der Waals surface area contributed by atoms with E-state index >= 15 is 0 Å². The van der Waals surface area contributed by atoms with Crippen molar-refractivity contribution < 1.29 is 44.6 Å². The first kappa shape index (κ1) is 29.4. The minimum absolute atomic E-state index is 0.0134. The summed E-state index contributed by atoms with van der Waals surface area (Å²) in [4.78, 5) is 0. The first-order valence-corrected chi connectivity index (χ1v) is 12.8. The van der Waals surface area contributed by atoms with Crippen LogP contribution in [0, 0.1) is 29.2 Å². The Morgan fingerprint density at radius 2 is 1.40 bits per heavy atom. The lowest BCUT2D eigenvalue weighted by atomic mass is 9.77. The van der Waals surface area contributed by atoms with Gasteiger partial charge >= 0.3 is 12.2 Å². The zero-order chi connectivity index (χ0) is 29.0. The number of hydrogen-bond acceptors (Lipinski definition) is 2. The maximum Gasteiger partial charge on any atom is 0.432 e. The summed E-state index contributed by atoms with van der Waals surface area (Å²) in [5, 5.41) is 0. The molecular formula is C30H26F8O2. The van der Waals surface area contributed by atoms with Crippen LogP contribution in [-0.4, -0.2) is 0 Å². The van der Waals surface area contributed by atoms with Crippen LogP contribution in [0.4, 0.5) is 35.1 Å². The number of alkyl halides is 2. The quantitative estimate of drug-likeness (QED) is 0.188. The monoisotopic (exact) mass is 570 g/mol. The SMILES string of the molecule is CCCC1CCC(c2ccc(-c3cc(F)c(C(F)(F)Oc4cc(F)c(OC=C(F)F)c(F)c4)c(F)c3)cc2)CC1. The minimum atomic E-state index is -4.68. The van der Waals surface area contributed by atoms with Crippen molar-refractivity contribution in [1.29, 1.82) is 0 Å². The van der Waals surface area contributed by atoms with Crippen molar-refractivity contribution in [3.8, 4) is 22.6 Å². The number of rotatable bonds is 9. The molecule has 0 radical (unpaired) electrons. The Balaban J connectivity index is 1.51. The van der Waals surface area contributed by atoms with Crippen molar-refractivity contribution in [1.82, 2.24) is 0 Å². The summed E-state index contributed by atoms with van der Waals surface area (Å²) >= 11 is 0. The second-order valence-corrected chi connectivity index (χ2v) is 9.80. The largest absolute Gasteiger partial charge is 0.453 e. The maximum atomic E-state index is 14.8. The predicted molar refractivity (Wildman–Crippen MR) is 133 cm³/mol. The van der Waals surface area contributed by atoms with E-state index in [0.717, 1.165) is 55.7 Å². The Morgan fingerprint density at radius 1 is 0.825 bits per heavy atom. The van der Waals surface area contributed by atoms with E-state index in [1.807, 2.05) is 12.1 Å². The van der Waals surface area contributed by atoms with Crippen molar-refractivity contribution in [3.05, 3.63) is 95.3 Å². The zero-order valence-electron chi connectivity index (χ0n) is 21.4. The lowest BCUT2D eigenvalue weighted by molar-refractivity contribution is -0.189. The minimum Gasteiger partial charge on any atom is -0.453 e. The Labute approximate surface area is 226 Å². The molecule has 0 N–H and O–H groups in total. The van der Waals surface area contributed by atoms with E-state index in [4.69, 9.17) is 0 Å². The molecule has 0 saturated heterocycles. The summed E-state index contributed by atoms with van der Waals surface area (Å²) in [5.74, 6) is -7.90. The molecule has 3 aromatic rings. The Hall–Kier alpha value is -3.56. The van der Waals surface area contributed by atoms with Gasteiger partial charge in [-0.05, 0) is 66.3 Å². The van der Waals surface area contributed by atoms with Gasteiger partial charge in [-0.15, -0.1) is 0 Å². The smallest absolute Gasteiger partial charge is 0.432 e. The van der Waals surface area contributed by atoms with Crippen molar-refractivity contribution in [2.75, 3.05) is 0 Å². The highest BCUT2D eigenvalue weighted by Gasteiger charge is 2.41. The Kier molecular flexibility index (Phi) is 9.05. The molecule has 40 heavy (non-hydrogen) atoms. The molecular weight excluding hydrogens is 544 g/mol. The topological polar surface area (TPSA) is 18.5 Å². The van der Waals surface area contributed by atoms with Crippen LogP contribution in [-0.2, 0) is 6.11 Å². The Bertz CT molecular complexity index is 1310. The molecule has 0 heterocycles. The van der Waals surface area contributed by atoms with Gasteiger partial charge in [0.2, 0.25) is 0 Å². The van der Waals surface area contributed by atoms with Crippen LogP contribution in [0.2, 0.25) is 0 Å². The highest BCUT2D eigenvalue weighted by atomic mass is 19.3. The molecule has 0 spiro atoms. The average Bonchev–Trinajstić information content (AvgIpc) is 2.88. The molecule has 0 aliphatic heterocycles. The molecule has 4 rings (SSSR count). The third-order valence-corrected chi connectivity index (χ3v) is 7.08. The van der Waals surface area contributed by atoms with Crippen LogP contribution in [0.25, 0.3) is 11.1 Å². The normalized spacial score (nSPS) is 17.4. The van der Waals surface area contributed by atoms with Gasteiger partial charge in [-0.1, -0.05) is 44.0 Å². The van der Waals surface area contributed by atoms with Gasteiger partial charge in [0.05, 0.1) is 0 Å². The third-order valence-electron chi connectivity index (χ3n) is 7.08. The second kappa shape index (κ2) is 12.3. The number of ether oxygens (including phenoxy) is 2. The molecule has 0 amide bonds. The van der Waals surface area contributed by atoms with E-state index in [0.29, 0.717) is 11.5 Å². The van der Waals surface area contributed by atoms with Crippen molar-refractivity contribution in [3.63, 3.8) is 0 Å². The lowest BCUT2D eigenvalue weighted by Crippen LogP contribution is -2.25. The molecule has 0 unspecified atom stereocenters. The van der Waals surface area contributed by atoms with Crippen LogP contribution in [0.3, 0.4) is 0 Å². The van der Waals surface area contributed by atoms with Crippen molar-refractivity contribution in [2.45, 2.75) is 57.5 Å². The molecule has 0 bridgehead atoms. The molecule has 1 aliphatic carbocycles. The summed E-state index contributed by atoms with van der Waals surface area (Å²) in [5.41, 5.74) is -0.229. The van der Waals surface area contributed by atoms with E-state index < -0.39 is 52.5 Å². The van der Waals surface area contributed by atoms with Crippen molar-refractivity contribution >= 4 is 0 Å². The van der Waals surface area contributed by atoms with Gasteiger partial charge in [0.25, 0.3) is 0 Å². The van der Waals surface area contributed by atoms with Crippen molar-refractivity contribution in [2.24, 2.45) is 5.92 Å². The molecule has 3 aromatic carbocycles. The number of benzene rings is 3. The van der Waals surface area contributed by atoms with Gasteiger partial charge in [-0.2, -0.15) is 17.6 Å². The average molecular weight is 571 g/mol. The van der Waals surface area contributed by atoms with Gasteiger partial charge < -0.3 is 9.47 Å². The summed E-state index contributed by atoms with van der Waals surface area (Å²) in [6.45, 7) is 2.18. The Morgan fingerprint density at radius 3 is 1.93 bits per heavy atom. The first-order valence-electron chi connectivity index (χ1n) is 12.8. The summed E-state index contributed by atoms with van der Waals surface area (Å²) in [6.07, 6.45) is -0.516. The molecule has 0 aromatic heterocycles. The number of halogens is 8. The summed E-state index contributed by atoms with van der Waals surface area (Å²) in [7, 11) is 0. The molecule has 1 saturated carbocycles.